The van der Waals surface area contributed by atoms with Crippen LogP contribution in [0.15, 0.2) is 24.3 Å². The number of rotatable bonds is 2. The van der Waals surface area contributed by atoms with Crippen LogP contribution in [0, 0.1) is 0 Å². The summed E-state index contributed by atoms with van der Waals surface area (Å²) >= 11 is 0. The van der Waals surface area contributed by atoms with E-state index in [1.54, 1.807) is 0 Å². The lowest BCUT2D eigenvalue weighted by Gasteiger charge is -2.17. The van der Waals surface area contributed by atoms with Crippen molar-refractivity contribution in [1.29, 1.82) is 0 Å². The molecule has 1 unspecified atom stereocenters. The first-order valence-electron chi connectivity index (χ1n) is 5.50. The summed E-state index contributed by atoms with van der Waals surface area (Å²) < 4.78 is 71.5. The lowest BCUT2D eigenvalue weighted by Crippen LogP contribution is -2.26. The van der Waals surface area contributed by atoms with Crippen molar-refractivity contribution in [3.63, 3.8) is 0 Å². The van der Waals surface area contributed by atoms with Crippen LogP contribution < -0.4 is 4.90 Å². The van der Waals surface area contributed by atoms with Crippen LogP contribution in [0.4, 0.5) is 22.7 Å². The zero-order valence-corrected chi connectivity index (χ0v) is 10.7. The summed E-state index contributed by atoms with van der Waals surface area (Å²) in [5.41, 5.74) is -0.781. The highest BCUT2D eigenvalue weighted by Crippen LogP contribution is 2.32. The Kier molecular flexibility index (Phi) is 3.49. The zero-order chi connectivity index (χ0) is 15.1. The molecule has 0 spiro atoms. The maximum atomic E-state index is 12.8. The van der Waals surface area contributed by atoms with Crippen LogP contribution in [0.3, 0.4) is 0 Å². The van der Waals surface area contributed by atoms with Gasteiger partial charge in [0, 0.05) is 18.7 Å². The highest BCUT2D eigenvalue weighted by atomic mass is 32.3. The van der Waals surface area contributed by atoms with E-state index in [0.29, 0.717) is 0 Å². The average Bonchev–Trinajstić information content (AvgIpc) is 2.70. The fraction of sp³-hybridized carbons (Fsp3) is 0.364. The van der Waals surface area contributed by atoms with Crippen molar-refractivity contribution in [2.45, 2.75) is 17.8 Å². The lowest BCUT2D eigenvalue weighted by molar-refractivity contribution is -0.137. The van der Waals surface area contributed by atoms with Crippen LogP contribution in [-0.4, -0.2) is 26.1 Å². The molecule has 110 valence electrons. The Labute approximate surface area is 112 Å². The molecule has 1 aliphatic rings. The summed E-state index contributed by atoms with van der Waals surface area (Å²) in [7, 11) is -4.85. The van der Waals surface area contributed by atoms with Crippen molar-refractivity contribution in [3.05, 3.63) is 29.8 Å². The van der Waals surface area contributed by atoms with Gasteiger partial charge in [-0.25, -0.2) is 0 Å². The molecule has 4 nitrogen and oxygen atoms in total. The minimum absolute atomic E-state index is 0.106. The summed E-state index contributed by atoms with van der Waals surface area (Å²) in [6.07, 6.45) is -5.02. The molecule has 2 rings (SSSR count). The van der Waals surface area contributed by atoms with E-state index in [-0.39, 0.29) is 5.69 Å². The maximum Gasteiger partial charge on any atom is 0.416 e. The molecule has 1 aromatic rings. The second-order valence-electron chi connectivity index (χ2n) is 4.35. The summed E-state index contributed by atoms with van der Waals surface area (Å²) in [6.45, 7) is -0.400. The van der Waals surface area contributed by atoms with Gasteiger partial charge >= 0.3 is 16.4 Å². The van der Waals surface area contributed by atoms with E-state index >= 15 is 0 Å². The molecule has 1 saturated heterocycles. The van der Waals surface area contributed by atoms with Gasteiger partial charge in [0.15, 0.2) is 0 Å². The monoisotopic (exact) mass is 311 g/mol. The number of nitrogens with zero attached hydrogens (tertiary/aromatic N) is 1. The van der Waals surface area contributed by atoms with Crippen LogP contribution in [0.1, 0.15) is 12.0 Å². The highest BCUT2D eigenvalue weighted by molar-refractivity contribution is 7.87. The number of carbonyl (C=O) groups excluding carboxylic acids is 1. The number of benzene rings is 1. The van der Waals surface area contributed by atoms with Crippen molar-refractivity contribution in [2.75, 3.05) is 11.4 Å². The molecule has 1 aliphatic heterocycles. The first-order chi connectivity index (χ1) is 9.09. The first kappa shape index (κ1) is 14.8. The largest absolute Gasteiger partial charge is 0.416 e. The van der Waals surface area contributed by atoms with Gasteiger partial charge in [0.05, 0.1) is 5.56 Å². The molecule has 0 bridgehead atoms. The SMILES string of the molecule is O=C1CC(S(=O)(=O)F)CN1c1ccc(C(F)(F)F)cc1. The molecule has 0 N–H and O–H groups in total. The molecule has 0 radical (unpaired) electrons. The second kappa shape index (κ2) is 4.72. The molecule has 1 fully saturated rings. The van der Waals surface area contributed by atoms with E-state index in [0.717, 1.165) is 29.2 Å². The Balaban J connectivity index is 2.23. The van der Waals surface area contributed by atoms with Crippen molar-refractivity contribution >= 4 is 21.8 Å². The quantitative estimate of drug-likeness (QED) is 0.621. The predicted octanol–water partition coefficient (Wildman–Crippen LogP) is 2.11. The van der Waals surface area contributed by atoms with E-state index in [4.69, 9.17) is 0 Å². The van der Waals surface area contributed by atoms with E-state index in [2.05, 4.69) is 0 Å². The smallest absolute Gasteiger partial charge is 0.311 e. The Morgan fingerprint density at radius 1 is 1.15 bits per heavy atom. The molecular weight excluding hydrogens is 302 g/mol. The van der Waals surface area contributed by atoms with Gasteiger partial charge in [0.1, 0.15) is 5.25 Å². The Morgan fingerprint density at radius 3 is 2.10 bits per heavy atom. The summed E-state index contributed by atoms with van der Waals surface area (Å²) in [5, 5.41) is -1.47. The van der Waals surface area contributed by atoms with Gasteiger partial charge in [-0.15, -0.1) is 3.89 Å². The average molecular weight is 311 g/mol. The van der Waals surface area contributed by atoms with Crippen molar-refractivity contribution in [1.82, 2.24) is 0 Å². The number of carbonyl (C=O) groups is 1. The molecule has 1 aromatic carbocycles. The molecule has 0 aromatic heterocycles. The van der Waals surface area contributed by atoms with Crippen molar-refractivity contribution in [2.24, 2.45) is 0 Å². The third-order valence-corrected chi connectivity index (χ3v) is 4.11. The van der Waals surface area contributed by atoms with E-state index in [9.17, 15) is 30.3 Å². The van der Waals surface area contributed by atoms with E-state index in [1.165, 1.54) is 0 Å². The Morgan fingerprint density at radius 2 is 1.70 bits per heavy atom. The lowest BCUT2D eigenvalue weighted by atomic mass is 10.2. The van der Waals surface area contributed by atoms with E-state index < -0.39 is 46.1 Å². The normalized spacial score (nSPS) is 20.5. The van der Waals surface area contributed by atoms with Crippen molar-refractivity contribution < 1.29 is 30.3 Å². The predicted molar refractivity (Wildman–Crippen MR) is 62.2 cm³/mol. The third kappa shape index (κ3) is 2.92. The highest BCUT2D eigenvalue weighted by Gasteiger charge is 2.39. The second-order valence-corrected chi connectivity index (χ2v) is 5.97. The molecule has 9 heteroatoms. The fourth-order valence-electron chi connectivity index (χ4n) is 1.94. The molecule has 1 heterocycles. The number of hydrogen-bond donors (Lipinski definition) is 0. The van der Waals surface area contributed by atoms with Gasteiger partial charge in [-0.1, -0.05) is 0 Å². The number of amides is 1. The van der Waals surface area contributed by atoms with Gasteiger partial charge in [-0.05, 0) is 24.3 Å². The molecule has 0 aliphatic carbocycles. The van der Waals surface area contributed by atoms with Crippen LogP contribution in [0.5, 0.6) is 0 Å². The topological polar surface area (TPSA) is 54.5 Å². The van der Waals surface area contributed by atoms with E-state index in [1.807, 2.05) is 0 Å². The van der Waals surface area contributed by atoms with Crippen molar-refractivity contribution in [3.8, 4) is 0 Å². The fourth-order valence-corrected chi connectivity index (χ4v) is 2.61. The third-order valence-electron chi connectivity index (χ3n) is 2.99. The van der Waals surface area contributed by atoms with Crippen LogP contribution in [-0.2, 0) is 21.2 Å². The minimum atomic E-state index is -4.85. The molecule has 20 heavy (non-hydrogen) atoms. The first-order valence-corrected chi connectivity index (χ1v) is 6.95. The van der Waals surface area contributed by atoms with Crippen LogP contribution in [0.25, 0.3) is 0 Å². The molecule has 1 atom stereocenters. The van der Waals surface area contributed by atoms with Gasteiger partial charge in [-0.3, -0.25) is 4.79 Å². The van der Waals surface area contributed by atoms with Gasteiger partial charge in [-0.2, -0.15) is 21.6 Å². The minimum Gasteiger partial charge on any atom is -0.311 e. The number of hydrogen-bond acceptors (Lipinski definition) is 3. The maximum absolute atomic E-state index is 12.8. The number of halogens is 4. The summed E-state index contributed by atoms with van der Waals surface area (Å²) in [4.78, 5) is 12.5. The standard InChI is InChI=1S/C11H9F4NO3S/c12-11(13,14)7-1-3-8(4-2-7)16-6-9(5-10(16)17)20(15,18)19/h1-4,9H,5-6H2. The van der Waals surface area contributed by atoms with Gasteiger partial charge in [0.2, 0.25) is 5.91 Å². The van der Waals surface area contributed by atoms with Gasteiger partial charge < -0.3 is 4.90 Å². The number of alkyl halides is 3. The summed E-state index contributed by atoms with van der Waals surface area (Å²) in [6, 6.07) is 3.65. The summed E-state index contributed by atoms with van der Waals surface area (Å²) in [5.74, 6) is -0.643. The molecule has 1 amide bonds. The van der Waals surface area contributed by atoms with Gasteiger partial charge in [0.25, 0.3) is 0 Å². The zero-order valence-electron chi connectivity index (χ0n) is 9.89. The van der Waals surface area contributed by atoms with Crippen LogP contribution in [0.2, 0.25) is 0 Å². The Hall–Kier alpha value is -1.64. The number of anilines is 1. The molecule has 0 saturated carbocycles. The van der Waals surface area contributed by atoms with Crippen LogP contribution >= 0.6 is 0 Å². The molecular formula is C11H9F4NO3S. The Bertz CT molecular complexity index is 624.